The van der Waals surface area contributed by atoms with Crippen LogP contribution in [0.5, 0.6) is 0 Å². The van der Waals surface area contributed by atoms with E-state index < -0.39 is 26.4 Å². The maximum atomic E-state index is 11.7. The van der Waals surface area contributed by atoms with Crippen LogP contribution in [-0.4, -0.2) is 26.4 Å². The van der Waals surface area contributed by atoms with E-state index in [1.54, 1.807) is 0 Å². The topological polar surface area (TPSA) is 29.1 Å². The number of hydrogen-bond acceptors (Lipinski definition) is 2. The average Bonchev–Trinajstić information content (AvgIpc) is 2.26. The van der Waals surface area contributed by atoms with Gasteiger partial charge in [-0.15, -0.1) is 0 Å². The number of benzene rings is 1. The fourth-order valence-electron chi connectivity index (χ4n) is 1.04. The van der Waals surface area contributed by atoms with E-state index in [1.807, 2.05) is 12.1 Å². The summed E-state index contributed by atoms with van der Waals surface area (Å²) < 4.78 is 13.1. The van der Waals surface area contributed by atoms with E-state index in [0.717, 1.165) is 5.56 Å². The van der Waals surface area contributed by atoms with E-state index in [2.05, 4.69) is 22.4 Å². The third kappa shape index (κ3) is 3.87. The minimum absolute atomic E-state index is 0.285. The minimum atomic E-state index is -0.633. The monoisotopic (exact) mass is 319 g/mol. The van der Waals surface area contributed by atoms with Crippen LogP contribution < -0.4 is 8.90 Å². The van der Waals surface area contributed by atoms with Crippen molar-refractivity contribution in [1.29, 1.82) is 0 Å². The molecule has 0 aliphatic heterocycles. The van der Waals surface area contributed by atoms with Crippen molar-refractivity contribution >= 4 is 42.1 Å². The Hall–Kier alpha value is -0.231. The second-order valence-corrected chi connectivity index (χ2v) is 6.27. The number of nitrogens with one attached hydrogen (secondary N) is 1. The van der Waals surface area contributed by atoms with Gasteiger partial charge in [-0.3, -0.25) is 0 Å². The summed E-state index contributed by atoms with van der Waals surface area (Å²) in [5.74, 6) is 0. The standard InChI is InChI=1S/C8H7FNOS.CH3.Sn/c9-12-8(11)10-6-7-4-2-1-3-5-7;;/h1-2,4-5H,6H2,(H,10,11);1H3;. The molecule has 0 unspecified atom stereocenters. The Kier molecular flexibility index (Phi) is 5.32. The molecule has 1 aromatic carbocycles. The van der Waals surface area contributed by atoms with Crippen molar-refractivity contribution in [2.45, 2.75) is 11.5 Å². The second-order valence-electron chi connectivity index (χ2n) is 2.67. The third-order valence-corrected chi connectivity index (χ3v) is 4.54. The Bertz CT molecular complexity index is 321. The SMILES string of the molecule is [CH3][Sn][c]1cccc(CNC(=O)SF)c1. The Morgan fingerprint density at radius 2 is 2.43 bits per heavy atom. The Morgan fingerprint density at radius 3 is 3.07 bits per heavy atom. The first kappa shape index (κ1) is 11.8. The molecule has 1 amide bonds. The zero-order valence-electron chi connectivity index (χ0n) is 7.71. The molecule has 0 aromatic heterocycles. The molecule has 0 heterocycles. The molecule has 0 aliphatic carbocycles. The number of carbonyl (C=O) groups excluding carboxylic acids is 1. The molecule has 0 aliphatic rings. The number of hydrogen-bond donors (Lipinski definition) is 1. The van der Waals surface area contributed by atoms with Crippen molar-refractivity contribution in [3.05, 3.63) is 29.8 Å². The molecule has 0 fully saturated rings. The molecule has 2 radical (unpaired) electrons. The van der Waals surface area contributed by atoms with Gasteiger partial charge in [0.1, 0.15) is 0 Å². The van der Waals surface area contributed by atoms with Crippen molar-refractivity contribution < 1.29 is 8.68 Å². The van der Waals surface area contributed by atoms with Gasteiger partial charge in [0.2, 0.25) is 0 Å². The van der Waals surface area contributed by atoms with Gasteiger partial charge in [0.05, 0.1) is 0 Å². The summed E-state index contributed by atoms with van der Waals surface area (Å²) in [4.78, 5) is 12.9. The van der Waals surface area contributed by atoms with Gasteiger partial charge in [-0.2, -0.15) is 0 Å². The maximum absolute atomic E-state index is 11.7. The van der Waals surface area contributed by atoms with E-state index in [4.69, 9.17) is 0 Å². The molecular weight excluding hydrogens is 308 g/mol. The van der Waals surface area contributed by atoms with Gasteiger partial charge in [-0.25, -0.2) is 0 Å². The van der Waals surface area contributed by atoms with Crippen molar-refractivity contribution in [2.75, 3.05) is 0 Å². The van der Waals surface area contributed by atoms with E-state index in [1.165, 1.54) is 3.58 Å². The van der Waals surface area contributed by atoms with Crippen molar-refractivity contribution in [3.63, 3.8) is 0 Å². The van der Waals surface area contributed by atoms with Gasteiger partial charge in [-0.05, 0) is 0 Å². The van der Waals surface area contributed by atoms with Crippen LogP contribution in [0, 0.1) is 0 Å². The summed E-state index contributed by atoms with van der Waals surface area (Å²) in [5.41, 5.74) is 1.03. The molecule has 0 spiro atoms. The average molecular weight is 318 g/mol. The molecule has 5 heteroatoms. The predicted molar refractivity (Wildman–Crippen MR) is 58.6 cm³/mol. The number of halogens is 1. The number of carbonyl (C=O) groups is 1. The number of amides is 1. The van der Waals surface area contributed by atoms with Crippen LogP contribution in [0.25, 0.3) is 0 Å². The molecule has 14 heavy (non-hydrogen) atoms. The van der Waals surface area contributed by atoms with Gasteiger partial charge in [0.25, 0.3) is 0 Å². The first-order valence-corrected chi connectivity index (χ1v) is 9.09. The van der Waals surface area contributed by atoms with Crippen LogP contribution in [0.15, 0.2) is 24.3 Å². The van der Waals surface area contributed by atoms with Gasteiger partial charge in [0, 0.05) is 0 Å². The Balaban J connectivity index is 2.54. The van der Waals surface area contributed by atoms with E-state index in [0.29, 0.717) is 6.54 Å². The van der Waals surface area contributed by atoms with Crippen LogP contribution in [0.1, 0.15) is 5.56 Å². The molecule has 1 aromatic rings. The van der Waals surface area contributed by atoms with Crippen LogP contribution in [0.3, 0.4) is 0 Å². The van der Waals surface area contributed by atoms with E-state index >= 15 is 0 Å². The van der Waals surface area contributed by atoms with Gasteiger partial charge in [0.15, 0.2) is 0 Å². The van der Waals surface area contributed by atoms with Crippen molar-refractivity contribution in [2.24, 2.45) is 0 Å². The molecular formula is C9H10FNOSSn. The van der Waals surface area contributed by atoms with Crippen molar-refractivity contribution in [1.82, 2.24) is 5.32 Å². The fraction of sp³-hybridized carbons (Fsp3) is 0.222. The quantitative estimate of drug-likeness (QED) is 0.863. The second kappa shape index (κ2) is 6.29. The normalized spacial score (nSPS) is 9.86. The number of rotatable bonds is 3. The molecule has 0 saturated carbocycles. The summed E-state index contributed by atoms with van der Waals surface area (Å²) in [6, 6.07) is 8.09. The first-order chi connectivity index (χ1) is 6.76. The Morgan fingerprint density at radius 1 is 1.64 bits per heavy atom. The predicted octanol–water partition coefficient (Wildman–Crippen LogP) is 1.89. The molecule has 1 rings (SSSR count). The summed E-state index contributed by atoms with van der Waals surface area (Å²) in [6.07, 6.45) is 0. The van der Waals surface area contributed by atoms with Crippen LogP contribution in [0.2, 0.25) is 4.94 Å². The van der Waals surface area contributed by atoms with Crippen molar-refractivity contribution in [3.8, 4) is 0 Å². The zero-order chi connectivity index (χ0) is 10.4. The molecule has 74 valence electrons. The first-order valence-electron chi connectivity index (χ1n) is 4.09. The van der Waals surface area contributed by atoms with Crippen LogP contribution in [-0.2, 0) is 6.54 Å². The Labute approximate surface area is 97.2 Å². The molecule has 1 N–H and O–H groups in total. The molecule has 2 nitrogen and oxygen atoms in total. The van der Waals surface area contributed by atoms with E-state index in [-0.39, 0.29) is 12.1 Å². The summed E-state index contributed by atoms with van der Waals surface area (Å²) in [6.45, 7) is 0.406. The summed E-state index contributed by atoms with van der Waals surface area (Å²) in [5, 5.41) is 1.84. The summed E-state index contributed by atoms with van der Waals surface area (Å²) in [7, 11) is 0. The molecule has 0 bridgehead atoms. The third-order valence-electron chi connectivity index (χ3n) is 1.72. The zero-order valence-corrected chi connectivity index (χ0v) is 11.4. The van der Waals surface area contributed by atoms with Crippen LogP contribution in [0.4, 0.5) is 8.68 Å². The molecule has 0 atom stereocenters. The van der Waals surface area contributed by atoms with Gasteiger partial charge >= 0.3 is 97.4 Å². The van der Waals surface area contributed by atoms with Gasteiger partial charge < -0.3 is 0 Å². The van der Waals surface area contributed by atoms with Gasteiger partial charge in [-0.1, -0.05) is 0 Å². The fourth-order valence-corrected chi connectivity index (χ4v) is 2.86. The molecule has 0 saturated heterocycles. The summed E-state index contributed by atoms with van der Waals surface area (Å²) >= 11 is -0.700. The van der Waals surface area contributed by atoms with Crippen LogP contribution >= 0.6 is 12.1 Å². The van der Waals surface area contributed by atoms with E-state index in [9.17, 15) is 8.68 Å².